The Bertz CT molecular complexity index is 1090. The van der Waals surface area contributed by atoms with Crippen LogP contribution < -0.4 is 0 Å². The molecule has 0 amide bonds. The molecule has 0 aromatic heterocycles. The Balaban J connectivity index is 1.71. The number of rotatable bonds is 10. The average Bonchev–Trinajstić information content (AvgIpc) is 3.11. The van der Waals surface area contributed by atoms with E-state index >= 15 is 0 Å². The van der Waals surface area contributed by atoms with E-state index in [1.807, 2.05) is 36.4 Å². The molecule has 0 fully saturated rings. The monoisotopic (exact) mass is 680 g/mol. The minimum Gasteiger partial charge on any atom is -0.200 e. The van der Waals surface area contributed by atoms with Crippen LogP contribution in [0.15, 0.2) is 48.5 Å². The maximum Gasteiger partial charge on any atom is 0.460 e. The summed E-state index contributed by atoms with van der Waals surface area (Å²) >= 11 is 1.20. The Morgan fingerprint density at radius 2 is 1.03 bits per heavy atom. The van der Waals surface area contributed by atoms with Crippen LogP contribution in [0.3, 0.4) is 0 Å². The molecule has 2 aromatic rings. The van der Waals surface area contributed by atoms with Crippen molar-refractivity contribution in [3.8, 4) is 11.1 Å². The van der Waals surface area contributed by atoms with Crippen LogP contribution >= 0.6 is 22.6 Å². The van der Waals surface area contributed by atoms with Crippen molar-refractivity contribution in [3.63, 3.8) is 0 Å². The molecule has 0 radical (unpaired) electrons. The zero-order valence-corrected chi connectivity index (χ0v) is 21.1. The highest BCUT2D eigenvalue weighted by molar-refractivity contribution is 14.1. The Hall–Kier alpha value is -1.74. The molecule has 0 saturated heterocycles. The number of halogens is 14. The Morgan fingerprint density at radius 3 is 1.47 bits per heavy atom. The summed E-state index contributed by atoms with van der Waals surface area (Å²) in [6.45, 7) is 0. The van der Waals surface area contributed by atoms with Crippen LogP contribution in [0.1, 0.15) is 42.7 Å². The molecule has 0 saturated carbocycles. The second-order valence-corrected chi connectivity index (χ2v) is 10.7. The first kappa shape index (κ1) is 30.8. The number of hydrogen-bond acceptors (Lipinski definition) is 0. The van der Waals surface area contributed by atoms with E-state index in [0.717, 1.165) is 22.3 Å². The van der Waals surface area contributed by atoms with Crippen molar-refractivity contribution >= 4 is 22.6 Å². The van der Waals surface area contributed by atoms with Crippen LogP contribution in [0.5, 0.6) is 0 Å². The lowest BCUT2D eigenvalue weighted by Gasteiger charge is -2.40. The molecule has 0 bridgehead atoms. The third-order valence-corrected chi connectivity index (χ3v) is 7.51. The first-order valence-corrected chi connectivity index (χ1v) is 12.2. The van der Waals surface area contributed by atoms with Crippen LogP contribution in [-0.4, -0.2) is 39.7 Å². The summed E-state index contributed by atoms with van der Waals surface area (Å²) in [5.74, 6) is -36.8. The number of fused-ring (bicyclic) bond motifs is 3. The smallest absolute Gasteiger partial charge is 0.200 e. The molecule has 0 heterocycles. The minimum absolute atomic E-state index is 0.0985. The van der Waals surface area contributed by atoms with Crippen LogP contribution in [0.4, 0.5) is 57.1 Å². The fourth-order valence-corrected chi connectivity index (χ4v) is 5.42. The average molecular weight is 680 g/mol. The lowest BCUT2D eigenvalue weighted by Crippen LogP contribution is -2.70. The molecule has 1 aliphatic carbocycles. The molecule has 212 valence electrons. The van der Waals surface area contributed by atoms with E-state index in [1.165, 1.54) is 22.6 Å². The number of alkyl halides is 14. The Kier molecular flexibility index (Phi) is 8.12. The highest BCUT2D eigenvalue weighted by Gasteiger charge is 2.90. The van der Waals surface area contributed by atoms with E-state index in [4.69, 9.17) is 0 Å². The largest absolute Gasteiger partial charge is 0.460 e. The first-order valence-electron chi connectivity index (χ1n) is 11.0. The maximum atomic E-state index is 14.2. The van der Waals surface area contributed by atoms with Gasteiger partial charge in [0.2, 0.25) is 0 Å². The molecule has 0 spiro atoms. The van der Waals surface area contributed by atoms with Crippen LogP contribution in [-0.2, 0) is 0 Å². The second-order valence-electron chi connectivity index (χ2n) is 8.96. The zero-order valence-electron chi connectivity index (χ0n) is 18.9. The molecule has 0 N–H and O–H groups in total. The second kappa shape index (κ2) is 10.0. The van der Waals surface area contributed by atoms with Gasteiger partial charge in [0.1, 0.15) is 0 Å². The van der Waals surface area contributed by atoms with Crippen molar-refractivity contribution in [2.45, 2.75) is 71.3 Å². The van der Waals surface area contributed by atoms with Gasteiger partial charge in [0, 0.05) is 16.3 Å². The minimum atomic E-state index is -7.87. The van der Waals surface area contributed by atoms with Gasteiger partial charge in [0.25, 0.3) is 0 Å². The van der Waals surface area contributed by atoms with Crippen molar-refractivity contribution in [1.82, 2.24) is 0 Å². The van der Waals surface area contributed by atoms with Crippen LogP contribution in [0.25, 0.3) is 11.1 Å². The van der Waals surface area contributed by atoms with Gasteiger partial charge in [-0.3, -0.25) is 0 Å². The Morgan fingerprint density at radius 1 is 0.605 bits per heavy atom. The van der Waals surface area contributed by atoms with E-state index in [2.05, 4.69) is 0 Å². The van der Waals surface area contributed by atoms with Gasteiger partial charge in [0.05, 0.1) is 0 Å². The van der Waals surface area contributed by atoms with E-state index in [1.54, 1.807) is 12.1 Å². The normalized spacial score (nSPS) is 16.4. The molecule has 38 heavy (non-hydrogen) atoms. The van der Waals surface area contributed by atoms with Crippen molar-refractivity contribution in [2.75, 3.05) is 0 Å². The lowest BCUT2D eigenvalue weighted by molar-refractivity contribution is -0.440. The summed E-state index contributed by atoms with van der Waals surface area (Å²) < 4.78 is 172. The summed E-state index contributed by atoms with van der Waals surface area (Å²) in [7, 11) is 0. The summed E-state index contributed by atoms with van der Waals surface area (Å²) in [4.78, 5) is 0. The maximum absolute atomic E-state index is 14.2. The highest BCUT2D eigenvalue weighted by atomic mass is 127. The molecular weight excluding hydrogens is 662 g/mol. The van der Waals surface area contributed by atoms with Gasteiger partial charge >= 0.3 is 35.8 Å². The first-order chi connectivity index (χ1) is 17.2. The molecular formula is C24H18F13I. The molecule has 1 atom stereocenters. The van der Waals surface area contributed by atoms with Gasteiger partial charge in [-0.2, -0.15) is 57.1 Å². The zero-order chi connectivity index (χ0) is 28.9. The molecule has 1 aliphatic rings. The quantitative estimate of drug-likeness (QED) is 0.133. The number of hydrogen-bond donors (Lipinski definition) is 0. The predicted octanol–water partition coefficient (Wildman–Crippen LogP) is 9.90. The Labute approximate surface area is 221 Å². The van der Waals surface area contributed by atoms with Gasteiger partial charge in [-0.15, -0.1) is 0 Å². The van der Waals surface area contributed by atoms with Gasteiger partial charge in [-0.25, -0.2) is 0 Å². The lowest BCUT2D eigenvalue weighted by atomic mass is 9.89. The number of benzene rings is 2. The summed E-state index contributed by atoms with van der Waals surface area (Å²) in [5.41, 5.74) is 3.71. The molecule has 14 heteroatoms. The van der Waals surface area contributed by atoms with Gasteiger partial charge < -0.3 is 0 Å². The summed E-state index contributed by atoms with van der Waals surface area (Å²) in [6, 6.07) is 14.6. The van der Waals surface area contributed by atoms with E-state index in [0.29, 0.717) is 6.42 Å². The van der Waals surface area contributed by atoms with Crippen molar-refractivity contribution < 1.29 is 57.1 Å². The SMILES string of the molecule is FC(F)(F)C(F)(F)C(F)(F)C(F)(F)C(F)(F)C(F)(F)CC(I)CCCC1c2ccccc2-c2ccccc21. The molecule has 0 nitrogen and oxygen atoms in total. The fraction of sp³-hybridized carbons (Fsp3) is 0.500. The van der Waals surface area contributed by atoms with Gasteiger partial charge in [0.15, 0.2) is 0 Å². The molecule has 1 unspecified atom stereocenters. The molecule has 2 aromatic carbocycles. The third kappa shape index (κ3) is 4.87. The van der Waals surface area contributed by atoms with E-state index < -0.39 is 46.1 Å². The third-order valence-electron chi connectivity index (χ3n) is 6.45. The fourth-order valence-electron chi connectivity index (χ4n) is 4.42. The molecule has 0 aliphatic heterocycles. The van der Waals surface area contributed by atoms with Crippen molar-refractivity contribution in [3.05, 3.63) is 59.7 Å². The van der Waals surface area contributed by atoms with E-state index in [-0.39, 0.29) is 18.8 Å². The van der Waals surface area contributed by atoms with Gasteiger partial charge in [-0.05, 0) is 35.1 Å². The predicted molar refractivity (Wildman–Crippen MR) is 121 cm³/mol. The van der Waals surface area contributed by atoms with Crippen LogP contribution in [0.2, 0.25) is 0 Å². The van der Waals surface area contributed by atoms with E-state index in [9.17, 15) is 57.1 Å². The van der Waals surface area contributed by atoms with Gasteiger partial charge in [-0.1, -0.05) is 77.5 Å². The summed E-state index contributed by atoms with van der Waals surface area (Å²) in [6.07, 6.45) is -9.44. The topological polar surface area (TPSA) is 0 Å². The molecule has 3 rings (SSSR count). The highest BCUT2D eigenvalue weighted by Crippen LogP contribution is 2.61. The standard InChI is InChI=1S/C24H18F13I/c25-19(26,20(27,28)21(29,30)22(31,32)23(33,34)24(35,36)37)12-13(38)6-5-11-18-16-9-3-1-7-14(16)15-8-2-4-10-17(15)18/h1-4,7-10,13,18H,5-6,11-12H2. The van der Waals surface area contributed by atoms with Crippen molar-refractivity contribution in [1.29, 1.82) is 0 Å². The summed E-state index contributed by atoms with van der Waals surface area (Å²) in [5, 5.41) is 0. The van der Waals surface area contributed by atoms with Crippen LogP contribution in [0, 0.1) is 0 Å². The van der Waals surface area contributed by atoms with Crippen molar-refractivity contribution in [2.24, 2.45) is 0 Å².